The van der Waals surface area contributed by atoms with Crippen molar-refractivity contribution < 1.29 is 13.9 Å². The fourth-order valence-electron chi connectivity index (χ4n) is 4.66. The number of nitrogens with one attached hydrogen (secondary N) is 2. The molecule has 0 radical (unpaired) electrons. The first-order chi connectivity index (χ1) is 18.6. The van der Waals surface area contributed by atoms with Crippen LogP contribution in [0.3, 0.4) is 0 Å². The second kappa shape index (κ2) is 10.1. The van der Waals surface area contributed by atoms with E-state index in [1.54, 1.807) is 0 Å². The number of hydrogen-bond acceptors (Lipinski definition) is 9. The molecule has 10 heteroatoms. The van der Waals surface area contributed by atoms with Gasteiger partial charge in [0.15, 0.2) is 0 Å². The number of aliphatic imine (C=N–C) groups is 1. The molecule has 2 atom stereocenters. The molecule has 1 saturated heterocycles. The van der Waals surface area contributed by atoms with Crippen molar-refractivity contribution in [2.24, 2.45) is 4.99 Å². The second-order valence-corrected chi connectivity index (χ2v) is 9.28. The van der Waals surface area contributed by atoms with Gasteiger partial charge in [-0.1, -0.05) is 53.6 Å². The van der Waals surface area contributed by atoms with Gasteiger partial charge in [-0.3, -0.25) is 4.79 Å². The largest absolute Gasteiger partial charge is 0.403 e. The van der Waals surface area contributed by atoms with Gasteiger partial charge in [-0.05, 0) is 32.0 Å². The Morgan fingerprint density at radius 1 is 1.00 bits per heavy atom. The second-order valence-electron chi connectivity index (χ2n) is 9.28. The molecule has 10 nitrogen and oxygen atoms in total. The number of carbonyl (C=O) groups is 1. The van der Waals surface area contributed by atoms with E-state index in [9.17, 15) is 4.79 Å². The lowest BCUT2D eigenvalue weighted by Crippen LogP contribution is -2.44. The van der Waals surface area contributed by atoms with E-state index in [2.05, 4.69) is 32.7 Å². The Kier molecular flexibility index (Phi) is 6.30. The van der Waals surface area contributed by atoms with Crippen molar-refractivity contribution in [2.45, 2.75) is 26.1 Å². The Bertz CT molecular complexity index is 1500. The molecule has 0 spiro atoms. The summed E-state index contributed by atoms with van der Waals surface area (Å²) in [5, 5.41) is 14.4. The summed E-state index contributed by atoms with van der Waals surface area (Å²) in [6, 6.07) is 21.4. The van der Waals surface area contributed by atoms with E-state index in [0.29, 0.717) is 37.0 Å². The Hall–Kier alpha value is -4.57. The number of morpholine rings is 1. The van der Waals surface area contributed by atoms with E-state index in [1.165, 1.54) is 0 Å². The monoisotopic (exact) mass is 509 g/mol. The van der Waals surface area contributed by atoms with Crippen molar-refractivity contribution in [2.75, 3.05) is 35.3 Å². The molecule has 38 heavy (non-hydrogen) atoms. The lowest BCUT2D eigenvalue weighted by molar-refractivity contribution is -0.116. The topological polar surface area (TPSA) is 118 Å². The van der Waals surface area contributed by atoms with Crippen LogP contribution in [-0.2, 0) is 9.53 Å². The molecule has 0 saturated carbocycles. The van der Waals surface area contributed by atoms with E-state index in [0.717, 1.165) is 28.2 Å². The fraction of sp³-hybridized carbons (Fsp3) is 0.250. The van der Waals surface area contributed by atoms with Gasteiger partial charge in [-0.25, -0.2) is 9.98 Å². The molecule has 4 aromatic rings. The Morgan fingerprint density at radius 2 is 1.82 bits per heavy atom. The number of benzene rings is 2. The summed E-state index contributed by atoms with van der Waals surface area (Å²) in [6.07, 6.45) is -0.985. The summed E-state index contributed by atoms with van der Waals surface area (Å²) in [5.74, 6) is 0.740. The molecular weight excluding hydrogens is 482 g/mol. The SMILES string of the molecule is Cc1ccc(-c2nnc(NC3N=C(c4ccccc4)c4ccccc4NC3=O)o2)c(N2CCOC[C@H]2C)n1. The van der Waals surface area contributed by atoms with Gasteiger partial charge in [0, 0.05) is 23.4 Å². The first-order valence-corrected chi connectivity index (χ1v) is 12.5. The predicted molar refractivity (Wildman–Crippen MR) is 144 cm³/mol. The summed E-state index contributed by atoms with van der Waals surface area (Å²) in [5.41, 5.74) is 4.70. The van der Waals surface area contributed by atoms with E-state index in [4.69, 9.17) is 19.1 Å². The van der Waals surface area contributed by atoms with Gasteiger partial charge in [-0.2, -0.15) is 0 Å². The number of fused-ring (bicyclic) bond motifs is 1. The molecule has 1 fully saturated rings. The molecule has 4 heterocycles. The fourth-order valence-corrected chi connectivity index (χ4v) is 4.66. The third kappa shape index (κ3) is 4.61. The van der Waals surface area contributed by atoms with Crippen LogP contribution < -0.4 is 15.5 Å². The lowest BCUT2D eigenvalue weighted by atomic mass is 10.0. The highest BCUT2D eigenvalue weighted by atomic mass is 16.5. The van der Waals surface area contributed by atoms with Crippen molar-refractivity contribution in [1.82, 2.24) is 15.2 Å². The normalized spacial score (nSPS) is 19.3. The number of aryl methyl sites for hydroxylation is 1. The van der Waals surface area contributed by atoms with Crippen molar-refractivity contribution in [3.8, 4) is 11.5 Å². The first kappa shape index (κ1) is 23.8. The minimum Gasteiger partial charge on any atom is -0.403 e. The molecule has 1 unspecified atom stereocenters. The zero-order chi connectivity index (χ0) is 26.1. The summed E-state index contributed by atoms with van der Waals surface area (Å²) >= 11 is 0. The lowest BCUT2D eigenvalue weighted by Gasteiger charge is -2.35. The van der Waals surface area contributed by atoms with Crippen LogP contribution in [0.15, 0.2) is 76.1 Å². The first-order valence-electron chi connectivity index (χ1n) is 12.5. The minimum atomic E-state index is -0.985. The third-order valence-electron chi connectivity index (χ3n) is 6.56. The van der Waals surface area contributed by atoms with Gasteiger partial charge in [0.05, 0.1) is 36.2 Å². The number of anilines is 3. The number of para-hydroxylation sites is 1. The van der Waals surface area contributed by atoms with Crippen molar-refractivity contribution in [1.29, 1.82) is 0 Å². The number of carbonyl (C=O) groups excluding carboxylic acids is 1. The Labute approximate surface area is 219 Å². The Balaban J connectivity index is 1.33. The average molecular weight is 510 g/mol. The predicted octanol–water partition coefficient (Wildman–Crippen LogP) is 3.89. The Morgan fingerprint density at radius 3 is 2.66 bits per heavy atom. The molecule has 192 valence electrons. The zero-order valence-corrected chi connectivity index (χ0v) is 21.1. The zero-order valence-electron chi connectivity index (χ0n) is 21.1. The molecule has 2 N–H and O–H groups in total. The third-order valence-corrected chi connectivity index (χ3v) is 6.56. The molecule has 2 aromatic carbocycles. The summed E-state index contributed by atoms with van der Waals surface area (Å²) in [7, 11) is 0. The van der Waals surface area contributed by atoms with Crippen LogP contribution in [0.5, 0.6) is 0 Å². The van der Waals surface area contributed by atoms with Crippen LogP contribution in [0.1, 0.15) is 23.7 Å². The molecule has 2 aliphatic rings. The van der Waals surface area contributed by atoms with Crippen LogP contribution in [0.2, 0.25) is 0 Å². The number of pyridine rings is 1. The molecule has 6 rings (SSSR count). The number of hydrogen-bond donors (Lipinski definition) is 2. The molecule has 0 bridgehead atoms. The number of amides is 1. The van der Waals surface area contributed by atoms with E-state index in [-0.39, 0.29) is 18.0 Å². The van der Waals surface area contributed by atoms with E-state index >= 15 is 0 Å². The van der Waals surface area contributed by atoms with Gasteiger partial charge in [0.2, 0.25) is 6.17 Å². The van der Waals surface area contributed by atoms with Gasteiger partial charge in [0.1, 0.15) is 5.82 Å². The maximum atomic E-state index is 13.2. The average Bonchev–Trinajstić information content (AvgIpc) is 3.35. The molecule has 0 aliphatic carbocycles. The summed E-state index contributed by atoms with van der Waals surface area (Å²) in [6.45, 7) is 6.00. The number of benzodiazepines with no additional fused rings is 1. The number of rotatable bonds is 5. The van der Waals surface area contributed by atoms with Crippen LogP contribution in [0.4, 0.5) is 17.5 Å². The molecule has 2 aromatic heterocycles. The highest BCUT2D eigenvalue weighted by molar-refractivity contribution is 6.19. The molecule has 1 amide bonds. The summed E-state index contributed by atoms with van der Waals surface area (Å²) in [4.78, 5) is 24.9. The van der Waals surface area contributed by atoms with Gasteiger partial charge in [0.25, 0.3) is 11.8 Å². The van der Waals surface area contributed by atoms with Crippen LogP contribution in [0.25, 0.3) is 11.5 Å². The highest BCUT2D eigenvalue weighted by Crippen LogP contribution is 2.32. The van der Waals surface area contributed by atoms with Crippen molar-refractivity contribution in [3.63, 3.8) is 0 Å². The van der Waals surface area contributed by atoms with Crippen LogP contribution >= 0.6 is 0 Å². The van der Waals surface area contributed by atoms with E-state index < -0.39 is 6.17 Å². The highest BCUT2D eigenvalue weighted by Gasteiger charge is 2.29. The van der Waals surface area contributed by atoms with Gasteiger partial charge < -0.3 is 24.7 Å². The maximum absolute atomic E-state index is 13.2. The van der Waals surface area contributed by atoms with Gasteiger partial charge >= 0.3 is 6.01 Å². The van der Waals surface area contributed by atoms with Gasteiger partial charge in [-0.15, -0.1) is 5.10 Å². The van der Waals surface area contributed by atoms with E-state index in [1.807, 2.05) is 73.7 Å². The molecular formula is C28H27N7O3. The minimum absolute atomic E-state index is 0.0869. The van der Waals surface area contributed by atoms with Crippen LogP contribution in [0, 0.1) is 6.92 Å². The summed E-state index contributed by atoms with van der Waals surface area (Å²) < 4.78 is 11.6. The number of ether oxygens (including phenoxy) is 1. The quantitative estimate of drug-likeness (QED) is 0.416. The number of aromatic nitrogens is 3. The van der Waals surface area contributed by atoms with Crippen molar-refractivity contribution >= 4 is 29.1 Å². The standard InChI is InChI=1S/C28H27N7O3/c1-17-12-13-21(25(29-17)35-14-15-37-16-18(35)2)27-33-34-28(38-27)32-24-26(36)30-22-11-7-6-10-20(22)23(31-24)19-8-4-3-5-9-19/h3-13,18,24H,14-16H2,1-2H3,(H,30,36)(H,32,34)/t18-,24?/m1/s1. The molecule has 2 aliphatic heterocycles. The maximum Gasteiger partial charge on any atom is 0.317 e. The van der Waals surface area contributed by atoms with Crippen LogP contribution in [-0.4, -0.2) is 58.8 Å². The number of nitrogens with zero attached hydrogens (tertiary/aromatic N) is 5. The smallest absolute Gasteiger partial charge is 0.317 e. The van der Waals surface area contributed by atoms with Crippen molar-refractivity contribution in [3.05, 3.63) is 83.6 Å².